The Morgan fingerprint density at radius 1 is 1.50 bits per heavy atom. The average Bonchev–Trinajstić information content (AvgIpc) is 2.77. The zero-order chi connectivity index (χ0) is 14.8. The molecule has 1 aromatic rings. The molecule has 0 bridgehead atoms. The van der Waals surface area contributed by atoms with Crippen LogP contribution in [0.1, 0.15) is 44.3 Å². The van der Waals surface area contributed by atoms with Gasteiger partial charge < -0.3 is 10.1 Å². The number of ether oxygens (including phenoxy) is 1. The molecule has 0 aromatic carbocycles. The molecule has 1 aliphatic rings. The molecule has 1 aliphatic carbocycles. The van der Waals surface area contributed by atoms with Crippen LogP contribution < -0.4 is 10.1 Å². The summed E-state index contributed by atoms with van der Waals surface area (Å²) in [6.45, 7) is 2.80. The third kappa shape index (κ3) is 3.11. The van der Waals surface area contributed by atoms with Crippen LogP contribution in [-0.2, 0) is 7.05 Å². The first-order chi connectivity index (χ1) is 9.48. The van der Waals surface area contributed by atoms with Crippen LogP contribution in [0.2, 0.25) is 0 Å². The van der Waals surface area contributed by atoms with E-state index in [0.29, 0.717) is 12.8 Å². The first-order valence-electron chi connectivity index (χ1n) is 7.15. The molecule has 0 amide bonds. The molecule has 0 spiro atoms. The van der Waals surface area contributed by atoms with Gasteiger partial charge in [-0.25, -0.2) is 8.78 Å². The zero-order valence-electron chi connectivity index (χ0n) is 12.3. The first kappa shape index (κ1) is 15.2. The molecule has 1 fully saturated rings. The molecule has 1 saturated carbocycles. The maximum Gasteiger partial charge on any atom is 0.248 e. The lowest BCUT2D eigenvalue weighted by Crippen LogP contribution is -2.35. The second-order valence-corrected chi connectivity index (χ2v) is 5.45. The highest BCUT2D eigenvalue weighted by atomic mass is 19.3. The van der Waals surface area contributed by atoms with Gasteiger partial charge in [-0.3, -0.25) is 4.68 Å². The lowest BCUT2D eigenvalue weighted by Gasteiger charge is -2.34. The fourth-order valence-corrected chi connectivity index (χ4v) is 3.04. The highest BCUT2D eigenvalue weighted by molar-refractivity contribution is 5.29. The molecule has 0 radical (unpaired) electrons. The Bertz CT molecular complexity index is 438. The fraction of sp³-hybridized carbons (Fsp3) is 0.786. The van der Waals surface area contributed by atoms with E-state index in [0.717, 1.165) is 18.0 Å². The number of methoxy groups -OCH3 is 1. The Hall–Kier alpha value is -1.17. The van der Waals surface area contributed by atoms with Gasteiger partial charge in [-0.2, -0.15) is 5.10 Å². The Morgan fingerprint density at radius 2 is 2.15 bits per heavy atom. The number of hydrogen-bond acceptors (Lipinski definition) is 3. The summed E-state index contributed by atoms with van der Waals surface area (Å²) in [5, 5.41) is 7.63. The summed E-state index contributed by atoms with van der Waals surface area (Å²) >= 11 is 0. The van der Waals surface area contributed by atoms with Crippen LogP contribution in [0, 0.1) is 5.92 Å². The van der Waals surface area contributed by atoms with Crippen LogP contribution in [0.15, 0.2) is 6.20 Å². The Labute approximate surface area is 118 Å². The largest absolute Gasteiger partial charge is 0.493 e. The van der Waals surface area contributed by atoms with E-state index < -0.39 is 5.92 Å². The Kier molecular flexibility index (Phi) is 4.62. The smallest absolute Gasteiger partial charge is 0.248 e. The monoisotopic (exact) mass is 287 g/mol. The van der Waals surface area contributed by atoms with E-state index >= 15 is 0 Å². The second kappa shape index (κ2) is 6.08. The number of nitrogens with one attached hydrogen (secondary N) is 1. The van der Waals surface area contributed by atoms with Crippen molar-refractivity contribution in [3.8, 4) is 5.75 Å². The van der Waals surface area contributed by atoms with Gasteiger partial charge in [-0.05, 0) is 25.3 Å². The van der Waals surface area contributed by atoms with Gasteiger partial charge >= 0.3 is 0 Å². The molecule has 6 heteroatoms. The van der Waals surface area contributed by atoms with Crippen LogP contribution >= 0.6 is 0 Å². The minimum atomic E-state index is -2.50. The number of alkyl halides is 2. The van der Waals surface area contributed by atoms with Crippen molar-refractivity contribution >= 4 is 0 Å². The molecule has 1 atom stereocenters. The van der Waals surface area contributed by atoms with Crippen molar-refractivity contribution in [2.45, 2.75) is 44.6 Å². The molecular weight excluding hydrogens is 264 g/mol. The molecule has 4 nitrogen and oxygen atoms in total. The van der Waals surface area contributed by atoms with E-state index in [1.54, 1.807) is 18.0 Å². The average molecular weight is 287 g/mol. The Balaban J connectivity index is 2.21. The molecule has 1 unspecified atom stereocenters. The highest BCUT2D eigenvalue weighted by Crippen LogP contribution is 2.42. The standard InChI is InChI=1S/C14H23F2N3O/c1-4-17-12(10-5-7-14(15,16)8-6-10)13-11(20-3)9-18-19(13)2/h9-10,12,17H,4-8H2,1-3H3. The predicted octanol–water partition coefficient (Wildman–Crippen LogP) is 2.90. The van der Waals surface area contributed by atoms with E-state index in [1.807, 2.05) is 14.0 Å². The van der Waals surface area contributed by atoms with Crippen LogP contribution in [-0.4, -0.2) is 29.4 Å². The SMILES string of the molecule is CCNC(c1c(OC)cnn1C)C1CCC(F)(F)CC1. The van der Waals surface area contributed by atoms with Crippen molar-refractivity contribution in [2.75, 3.05) is 13.7 Å². The third-order valence-corrected chi connectivity index (χ3v) is 4.12. The van der Waals surface area contributed by atoms with Gasteiger partial charge in [0.25, 0.3) is 0 Å². The van der Waals surface area contributed by atoms with Gasteiger partial charge in [0.05, 0.1) is 25.0 Å². The Morgan fingerprint density at radius 3 is 2.70 bits per heavy atom. The molecule has 20 heavy (non-hydrogen) atoms. The molecule has 2 rings (SSSR count). The summed E-state index contributed by atoms with van der Waals surface area (Å²) in [6.07, 6.45) is 2.68. The number of halogens is 2. The van der Waals surface area contributed by atoms with Crippen molar-refractivity contribution < 1.29 is 13.5 Å². The number of nitrogens with zero attached hydrogens (tertiary/aromatic N) is 2. The number of hydrogen-bond donors (Lipinski definition) is 1. The lowest BCUT2D eigenvalue weighted by molar-refractivity contribution is -0.0500. The van der Waals surface area contributed by atoms with Gasteiger partial charge in [0.1, 0.15) is 0 Å². The van der Waals surface area contributed by atoms with Crippen molar-refractivity contribution in [3.05, 3.63) is 11.9 Å². The van der Waals surface area contributed by atoms with Gasteiger partial charge in [0.15, 0.2) is 5.75 Å². The maximum atomic E-state index is 13.3. The summed E-state index contributed by atoms with van der Waals surface area (Å²) in [5.41, 5.74) is 0.949. The molecule has 1 N–H and O–H groups in total. The molecule has 114 valence electrons. The molecular formula is C14H23F2N3O. The third-order valence-electron chi connectivity index (χ3n) is 4.12. The van der Waals surface area contributed by atoms with Gasteiger partial charge in [0.2, 0.25) is 5.92 Å². The molecule has 0 saturated heterocycles. The number of aromatic nitrogens is 2. The highest BCUT2D eigenvalue weighted by Gasteiger charge is 2.39. The van der Waals surface area contributed by atoms with Crippen molar-refractivity contribution in [1.82, 2.24) is 15.1 Å². The van der Waals surface area contributed by atoms with E-state index in [-0.39, 0.29) is 24.8 Å². The van der Waals surface area contributed by atoms with Crippen LogP contribution in [0.5, 0.6) is 5.75 Å². The summed E-state index contributed by atoms with van der Waals surface area (Å²) in [6, 6.07) is 0.0125. The normalized spacial score (nSPS) is 20.9. The van der Waals surface area contributed by atoms with E-state index in [1.165, 1.54) is 0 Å². The van der Waals surface area contributed by atoms with E-state index in [4.69, 9.17) is 4.74 Å². The predicted molar refractivity (Wildman–Crippen MR) is 73.1 cm³/mol. The fourth-order valence-electron chi connectivity index (χ4n) is 3.04. The quantitative estimate of drug-likeness (QED) is 0.905. The number of rotatable bonds is 5. The maximum absolute atomic E-state index is 13.3. The van der Waals surface area contributed by atoms with Crippen LogP contribution in [0.3, 0.4) is 0 Å². The van der Waals surface area contributed by atoms with Gasteiger partial charge in [-0.15, -0.1) is 0 Å². The van der Waals surface area contributed by atoms with Crippen LogP contribution in [0.4, 0.5) is 8.78 Å². The van der Waals surface area contributed by atoms with Gasteiger partial charge in [-0.1, -0.05) is 6.92 Å². The summed E-state index contributed by atoms with van der Waals surface area (Å²) < 4.78 is 33.8. The zero-order valence-corrected chi connectivity index (χ0v) is 12.3. The van der Waals surface area contributed by atoms with E-state index in [2.05, 4.69) is 10.4 Å². The summed E-state index contributed by atoms with van der Waals surface area (Å²) in [4.78, 5) is 0. The topological polar surface area (TPSA) is 39.1 Å². The first-order valence-corrected chi connectivity index (χ1v) is 7.15. The minimum absolute atomic E-state index is 0.0125. The molecule has 1 heterocycles. The molecule has 1 aromatic heterocycles. The summed E-state index contributed by atoms with van der Waals surface area (Å²) in [7, 11) is 3.47. The van der Waals surface area contributed by atoms with Crippen molar-refractivity contribution in [1.29, 1.82) is 0 Å². The summed E-state index contributed by atoms with van der Waals surface area (Å²) in [5.74, 6) is -1.58. The van der Waals surface area contributed by atoms with E-state index in [9.17, 15) is 8.78 Å². The van der Waals surface area contributed by atoms with Crippen LogP contribution in [0.25, 0.3) is 0 Å². The lowest BCUT2D eigenvalue weighted by atomic mass is 9.80. The molecule has 0 aliphatic heterocycles. The minimum Gasteiger partial charge on any atom is -0.493 e. The number of aryl methyl sites for hydroxylation is 1. The van der Waals surface area contributed by atoms with Gasteiger partial charge in [0, 0.05) is 19.9 Å². The second-order valence-electron chi connectivity index (χ2n) is 5.45. The van der Waals surface area contributed by atoms with Crippen molar-refractivity contribution in [3.63, 3.8) is 0 Å². The van der Waals surface area contributed by atoms with Crippen molar-refractivity contribution in [2.24, 2.45) is 13.0 Å².